The van der Waals surface area contributed by atoms with Gasteiger partial charge in [0, 0.05) is 0 Å². The Labute approximate surface area is 206 Å². The zero-order valence-electron chi connectivity index (χ0n) is 17.9. The molecule has 0 atom stereocenters. The van der Waals surface area contributed by atoms with Crippen molar-refractivity contribution in [3.8, 4) is 0 Å². The molecule has 3 rings (SSSR count). The highest BCUT2D eigenvalue weighted by atomic mass is 127. The first-order valence-corrected chi connectivity index (χ1v) is 12.3. The van der Waals surface area contributed by atoms with E-state index in [1.165, 1.54) is 6.07 Å². The molecule has 8 nitrogen and oxygen atoms in total. The Balaban J connectivity index is 1.56. The largest absolute Gasteiger partial charge is 0.603 e. The van der Waals surface area contributed by atoms with Gasteiger partial charge in [0.1, 0.15) is 18.8 Å². The smallest absolute Gasteiger partial charge is 0.458 e. The standard InChI is InChI=1S/C25H20IN2O6/c27-28-23(25(31)33-16-19-11-5-2-6-12-19)26-21-14-8-7-13-20(21)24(30)34-17-22(29)32-15-18-9-3-1-4-10-18/h1-14H,15-17H2/q+1. The van der Waals surface area contributed by atoms with E-state index in [2.05, 4.69) is 4.79 Å². The quantitative estimate of drug-likeness (QED) is 0.0859. The fourth-order valence-electron chi connectivity index (χ4n) is 2.67. The second kappa shape index (κ2) is 13.0. The summed E-state index contributed by atoms with van der Waals surface area (Å²) >= 11 is -1.37. The average Bonchev–Trinajstić information content (AvgIpc) is 2.89. The van der Waals surface area contributed by atoms with Gasteiger partial charge in [-0.15, -0.1) is 4.79 Å². The summed E-state index contributed by atoms with van der Waals surface area (Å²) in [5.74, 6) is -2.21. The summed E-state index contributed by atoms with van der Waals surface area (Å²) in [7, 11) is 0. The molecule has 0 aliphatic heterocycles. The van der Waals surface area contributed by atoms with Crippen LogP contribution < -0.4 is 21.2 Å². The van der Waals surface area contributed by atoms with E-state index < -0.39 is 45.7 Å². The van der Waals surface area contributed by atoms with Gasteiger partial charge in [0.05, 0.1) is 0 Å². The van der Waals surface area contributed by atoms with Crippen LogP contribution >= 0.6 is 0 Å². The van der Waals surface area contributed by atoms with Gasteiger partial charge < -0.3 is 19.7 Å². The SMILES string of the molecule is [N-]=[N+]=C([I+]c1ccccc1C(=O)OCC(=O)OCc1ccccc1)C(=O)OCc1ccccc1. The van der Waals surface area contributed by atoms with E-state index in [-0.39, 0.29) is 22.5 Å². The van der Waals surface area contributed by atoms with Crippen LogP contribution in [-0.4, -0.2) is 33.0 Å². The van der Waals surface area contributed by atoms with E-state index in [0.717, 1.165) is 11.1 Å². The summed E-state index contributed by atoms with van der Waals surface area (Å²) in [5, 5.41) is 0. The van der Waals surface area contributed by atoms with Crippen LogP contribution in [0.4, 0.5) is 0 Å². The second-order valence-electron chi connectivity index (χ2n) is 6.75. The third kappa shape index (κ3) is 7.65. The lowest BCUT2D eigenvalue weighted by Crippen LogP contribution is -3.65. The van der Waals surface area contributed by atoms with Crippen LogP contribution in [0.25, 0.3) is 5.53 Å². The molecular formula is C25H20IN2O6+. The van der Waals surface area contributed by atoms with Gasteiger partial charge in [-0.1, -0.05) is 72.8 Å². The summed E-state index contributed by atoms with van der Waals surface area (Å²) in [6.07, 6.45) is 0. The van der Waals surface area contributed by atoms with Gasteiger partial charge in [-0.05, 0) is 23.3 Å². The van der Waals surface area contributed by atoms with Crippen LogP contribution in [-0.2, 0) is 37.0 Å². The van der Waals surface area contributed by atoms with Crippen LogP contribution in [0.3, 0.4) is 0 Å². The Bertz CT molecular complexity index is 1190. The molecule has 0 bridgehead atoms. The number of nitrogens with zero attached hydrogens (tertiary/aromatic N) is 2. The van der Waals surface area contributed by atoms with Gasteiger partial charge in [0.25, 0.3) is 0 Å². The maximum Gasteiger partial charge on any atom is 0.603 e. The van der Waals surface area contributed by atoms with Gasteiger partial charge in [0.2, 0.25) is 3.57 Å². The number of esters is 3. The molecule has 0 spiro atoms. The molecule has 0 aliphatic rings. The second-order valence-corrected chi connectivity index (χ2v) is 9.47. The predicted molar refractivity (Wildman–Crippen MR) is 117 cm³/mol. The third-order valence-electron chi connectivity index (χ3n) is 4.32. The summed E-state index contributed by atoms with van der Waals surface area (Å²) < 4.78 is 15.7. The Hall–Kier alpha value is -3.82. The molecule has 9 heteroatoms. The van der Waals surface area contributed by atoms with E-state index in [1.54, 1.807) is 30.3 Å². The monoisotopic (exact) mass is 571 g/mol. The van der Waals surface area contributed by atoms with Crippen LogP contribution in [0, 0.1) is 3.57 Å². The zero-order valence-corrected chi connectivity index (χ0v) is 20.1. The van der Waals surface area contributed by atoms with Gasteiger partial charge in [-0.3, -0.25) is 0 Å². The number of carbonyl (C=O) groups excluding carboxylic acids is 3. The molecule has 0 aliphatic carbocycles. The van der Waals surface area contributed by atoms with Crippen molar-refractivity contribution in [2.24, 2.45) is 0 Å². The van der Waals surface area contributed by atoms with Crippen molar-refractivity contribution in [3.63, 3.8) is 0 Å². The highest BCUT2D eigenvalue weighted by Gasteiger charge is 2.42. The number of rotatable bonds is 10. The van der Waals surface area contributed by atoms with Gasteiger partial charge in [-0.2, -0.15) is 0 Å². The first-order valence-electron chi connectivity index (χ1n) is 10.1. The minimum absolute atomic E-state index is 0.0250. The van der Waals surface area contributed by atoms with Gasteiger partial charge >= 0.3 is 42.8 Å². The van der Waals surface area contributed by atoms with Gasteiger partial charge in [-0.25, -0.2) is 14.4 Å². The summed E-state index contributed by atoms with van der Waals surface area (Å²) in [6, 6.07) is 24.6. The van der Waals surface area contributed by atoms with Gasteiger partial charge in [0.15, 0.2) is 6.61 Å². The van der Waals surface area contributed by atoms with E-state index in [1.807, 2.05) is 48.5 Å². The lowest BCUT2D eigenvalue weighted by molar-refractivity contribution is -0.527. The minimum atomic E-state index is -1.37. The Morgan fingerprint density at radius 2 is 1.29 bits per heavy atom. The van der Waals surface area contributed by atoms with Crippen LogP contribution in [0.5, 0.6) is 0 Å². The molecule has 0 fully saturated rings. The van der Waals surface area contributed by atoms with Crippen molar-refractivity contribution in [2.45, 2.75) is 13.2 Å². The normalized spacial score (nSPS) is 10.0. The molecule has 0 heterocycles. The molecule has 0 N–H and O–H groups in total. The highest BCUT2D eigenvalue weighted by molar-refractivity contribution is 6.28. The van der Waals surface area contributed by atoms with Crippen molar-refractivity contribution in [1.29, 1.82) is 0 Å². The zero-order chi connectivity index (χ0) is 24.2. The van der Waals surface area contributed by atoms with Crippen molar-refractivity contribution >= 4 is 21.6 Å². The topological polar surface area (TPSA) is 115 Å². The molecule has 34 heavy (non-hydrogen) atoms. The maximum absolute atomic E-state index is 12.6. The number of halogens is 1. The van der Waals surface area contributed by atoms with E-state index in [4.69, 9.17) is 14.2 Å². The fourth-order valence-corrected chi connectivity index (χ4v) is 4.78. The van der Waals surface area contributed by atoms with Crippen molar-refractivity contribution in [3.05, 3.63) is 111 Å². The molecular weight excluding hydrogens is 551 g/mol. The number of carbonyl (C=O) groups is 3. The van der Waals surface area contributed by atoms with Crippen molar-refractivity contribution in [2.75, 3.05) is 6.61 Å². The summed E-state index contributed by atoms with van der Waals surface area (Å²) in [4.78, 5) is 40.0. The third-order valence-corrected chi connectivity index (χ3v) is 7.01. The molecule has 172 valence electrons. The van der Waals surface area contributed by atoms with E-state index >= 15 is 0 Å². The first-order chi connectivity index (χ1) is 16.6. The van der Waals surface area contributed by atoms with Crippen LogP contribution in [0.2, 0.25) is 0 Å². The number of hydrogen-bond donors (Lipinski definition) is 0. The Kier molecular flexibility index (Phi) is 9.51. The van der Waals surface area contributed by atoms with Crippen LogP contribution in [0.1, 0.15) is 21.5 Å². The van der Waals surface area contributed by atoms with Crippen molar-refractivity contribution < 1.29 is 54.6 Å². The summed E-state index contributed by atoms with van der Waals surface area (Å²) in [5.41, 5.74) is 11.1. The van der Waals surface area contributed by atoms with E-state index in [9.17, 15) is 19.9 Å². The molecule has 0 saturated carbocycles. The predicted octanol–water partition coefficient (Wildman–Crippen LogP) is 0.217. The molecule has 0 unspecified atom stereocenters. The Morgan fingerprint density at radius 3 is 1.91 bits per heavy atom. The molecule has 0 aromatic heterocycles. The van der Waals surface area contributed by atoms with E-state index in [0.29, 0.717) is 3.57 Å². The number of ether oxygens (including phenoxy) is 3. The Morgan fingerprint density at radius 1 is 0.735 bits per heavy atom. The van der Waals surface area contributed by atoms with Crippen LogP contribution in [0.15, 0.2) is 84.9 Å². The molecule has 0 saturated heterocycles. The highest BCUT2D eigenvalue weighted by Crippen LogP contribution is 2.04. The average molecular weight is 571 g/mol. The van der Waals surface area contributed by atoms with Crippen molar-refractivity contribution in [1.82, 2.24) is 0 Å². The summed E-state index contributed by atoms with van der Waals surface area (Å²) in [6.45, 7) is -0.462. The minimum Gasteiger partial charge on any atom is -0.458 e. The number of benzene rings is 3. The molecule has 0 amide bonds. The molecule has 0 radical (unpaired) electrons. The fraction of sp³-hybridized carbons (Fsp3) is 0.120. The maximum atomic E-state index is 12.6. The first kappa shape index (κ1) is 24.8. The molecule has 3 aromatic rings. The lowest BCUT2D eigenvalue weighted by Gasteiger charge is -2.06. The lowest BCUT2D eigenvalue weighted by atomic mass is 10.2. The molecule has 3 aromatic carbocycles. The number of hydrogen-bond acceptors (Lipinski definition) is 6.